The Hall–Kier alpha value is -5.30. The molecule has 2 aliphatic heterocycles. The van der Waals surface area contributed by atoms with E-state index in [-0.39, 0.29) is 38.8 Å². The molecule has 13 heteroatoms. The highest BCUT2D eigenvalue weighted by molar-refractivity contribution is 6.13. The zero-order chi connectivity index (χ0) is 35.6. The van der Waals surface area contributed by atoms with Crippen molar-refractivity contribution in [2.24, 2.45) is 17.8 Å². The predicted octanol–water partition coefficient (Wildman–Crippen LogP) is 2.24. The van der Waals surface area contributed by atoms with E-state index >= 15 is 4.79 Å². The highest BCUT2D eigenvalue weighted by Gasteiger charge is 2.67. The number of benzene rings is 2. The number of rotatable bonds is 11. The van der Waals surface area contributed by atoms with Crippen LogP contribution in [-0.2, 0) is 41.6 Å². The van der Waals surface area contributed by atoms with Crippen molar-refractivity contribution in [1.29, 1.82) is 0 Å². The number of aliphatic hydroxyl groups excluding tert-OH is 1. The number of amides is 6. The van der Waals surface area contributed by atoms with Gasteiger partial charge >= 0.3 is 12.0 Å². The Labute approximate surface area is 289 Å². The van der Waals surface area contributed by atoms with E-state index in [9.17, 15) is 29.1 Å². The smallest absolute Gasteiger partial charge is 0.325 e. The van der Waals surface area contributed by atoms with Gasteiger partial charge in [0.15, 0.2) is 0 Å². The second kappa shape index (κ2) is 14.3. The molecule has 262 valence electrons. The summed E-state index contributed by atoms with van der Waals surface area (Å²) in [6.07, 6.45) is 2.83. The van der Waals surface area contributed by atoms with Gasteiger partial charge in [-0.05, 0) is 42.9 Å². The molecule has 4 N–H and O–H groups in total. The molecule has 4 atom stereocenters. The standard InChI is InChI=1S/C37H41N5O8/c1-3-24-26-13-14-27-30(34(47)41(32(27)45)21-29(44)50-2)31(26)37(19-22-9-5-4-6-10-22,42(33(24)46)36(49)39-17-18-43)35(48)38-16-15-23-20-40-28-12-8-7-11-25(23)28/h4-12,20,27,30-31,40,43H,3,13-19,21H2,1-2H3,(H,38,48)(H,39,49)/t27-,30-,31+,37+/m1/s1. The van der Waals surface area contributed by atoms with Crippen molar-refractivity contribution in [3.05, 3.63) is 83.1 Å². The summed E-state index contributed by atoms with van der Waals surface area (Å²) in [5, 5.41) is 16.2. The number of carbonyl (C=O) groups excluding carboxylic acids is 6. The summed E-state index contributed by atoms with van der Waals surface area (Å²) < 4.78 is 4.78. The number of nitrogens with zero attached hydrogens (tertiary/aromatic N) is 2. The topological polar surface area (TPSA) is 178 Å². The van der Waals surface area contributed by atoms with Crippen molar-refractivity contribution < 1.29 is 38.6 Å². The number of nitrogens with one attached hydrogen (secondary N) is 3. The maximum Gasteiger partial charge on any atom is 0.325 e. The minimum absolute atomic E-state index is 0.138. The SMILES string of the molecule is CCC1=C2CC[C@H]3C(=O)N(CC(=O)OC)C(=O)[C@H]3[C@H]2[C@@](Cc2ccccc2)(C(=O)NCCc2c[nH]c3ccccc23)N(C(=O)NCCO)C1=O. The van der Waals surface area contributed by atoms with E-state index in [1.165, 1.54) is 0 Å². The third-order valence-electron chi connectivity index (χ3n) is 10.3. The van der Waals surface area contributed by atoms with E-state index in [4.69, 9.17) is 4.74 Å². The van der Waals surface area contributed by atoms with Crippen molar-refractivity contribution in [2.75, 3.05) is 33.4 Å². The average Bonchev–Trinajstić information content (AvgIpc) is 3.64. The van der Waals surface area contributed by atoms with E-state index in [1.807, 2.05) is 30.5 Å². The van der Waals surface area contributed by atoms with Crippen LogP contribution in [0.5, 0.6) is 0 Å². The van der Waals surface area contributed by atoms with Crippen LogP contribution in [0.1, 0.15) is 37.3 Å². The first kappa shape index (κ1) is 34.6. The van der Waals surface area contributed by atoms with E-state index < -0.39 is 72.1 Å². The molecular weight excluding hydrogens is 642 g/mol. The van der Waals surface area contributed by atoms with Gasteiger partial charge in [-0.15, -0.1) is 0 Å². The van der Waals surface area contributed by atoms with Crippen molar-refractivity contribution in [3.8, 4) is 0 Å². The van der Waals surface area contributed by atoms with Gasteiger partial charge in [0, 0.05) is 48.1 Å². The van der Waals surface area contributed by atoms with Gasteiger partial charge in [0.2, 0.25) is 17.7 Å². The fourth-order valence-corrected chi connectivity index (χ4v) is 8.16. The van der Waals surface area contributed by atoms with Gasteiger partial charge in [0.1, 0.15) is 12.1 Å². The van der Waals surface area contributed by atoms with Gasteiger partial charge in [-0.2, -0.15) is 0 Å². The predicted molar refractivity (Wildman–Crippen MR) is 181 cm³/mol. The zero-order valence-electron chi connectivity index (χ0n) is 28.1. The van der Waals surface area contributed by atoms with E-state index in [1.54, 1.807) is 37.3 Å². The first-order valence-corrected chi connectivity index (χ1v) is 16.9. The highest BCUT2D eigenvalue weighted by atomic mass is 16.5. The molecule has 0 radical (unpaired) electrons. The maximum atomic E-state index is 15.1. The summed E-state index contributed by atoms with van der Waals surface area (Å²) in [4.78, 5) is 89.3. The first-order valence-electron chi connectivity index (χ1n) is 16.9. The Kier molecular flexibility index (Phi) is 9.87. The number of methoxy groups -OCH3 is 1. The number of hydrogen-bond donors (Lipinski definition) is 4. The molecular formula is C37H41N5O8. The summed E-state index contributed by atoms with van der Waals surface area (Å²) in [5.74, 6) is -6.41. The number of carbonyl (C=O) groups is 6. The van der Waals surface area contributed by atoms with Crippen molar-refractivity contribution in [3.63, 3.8) is 0 Å². The van der Waals surface area contributed by atoms with Crippen molar-refractivity contribution >= 4 is 46.5 Å². The molecule has 1 aliphatic carbocycles. The Morgan fingerprint density at radius 1 is 1.00 bits per heavy atom. The molecule has 6 amide bonds. The quantitative estimate of drug-likeness (QED) is 0.176. The monoisotopic (exact) mass is 683 g/mol. The van der Waals surface area contributed by atoms with Crippen LogP contribution in [0.15, 0.2) is 71.9 Å². The Morgan fingerprint density at radius 3 is 2.46 bits per heavy atom. The lowest BCUT2D eigenvalue weighted by atomic mass is 9.57. The number of aliphatic hydroxyl groups is 1. The number of para-hydroxylation sites is 1. The summed E-state index contributed by atoms with van der Waals surface area (Å²) >= 11 is 0. The maximum absolute atomic E-state index is 15.1. The molecule has 13 nitrogen and oxygen atoms in total. The fourth-order valence-electron chi connectivity index (χ4n) is 8.16. The van der Waals surface area contributed by atoms with Crippen molar-refractivity contribution in [1.82, 2.24) is 25.4 Å². The van der Waals surface area contributed by atoms with Crippen LogP contribution in [0.4, 0.5) is 4.79 Å². The fraction of sp³-hybridized carbons (Fsp3) is 0.405. The average molecular weight is 684 g/mol. The molecule has 3 aromatic rings. The third kappa shape index (κ3) is 5.85. The molecule has 1 aromatic heterocycles. The van der Waals surface area contributed by atoms with Crippen LogP contribution in [0.2, 0.25) is 0 Å². The molecule has 6 rings (SSSR count). The lowest BCUT2D eigenvalue weighted by molar-refractivity contribution is -0.153. The molecule has 3 aliphatic rings. The molecule has 2 fully saturated rings. The van der Waals surface area contributed by atoms with Crippen LogP contribution >= 0.6 is 0 Å². The zero-order valence-corrected chi connectivity index (χ0v) is 28.1. The Morgan fingerprint density at radius 2 is 1.74 bits per heavy atom. The van der Waals surface area contributed by atoms with E-state index in [2.05, 4.69) is 15.6 Å². The lowest BCUT2D eigenvalue weighted by Crippen LogP contribution is -2.73. The van der Waals surface area contributed by atoms with Gasteiger partial charge in [-0.1, -0.05) is 61.0 Å². The highest BCUT2D eigenvalue weighted by Crippen LogP contribution is 2.55. The molecule has 1 saturated carbocycles. The second-order valence-electron chi connectivity index (χ2n) is 12.9. The second-order valence-corrected chi connectivity index (χ2v) is 12.9. The van der Waals surface area contributed by atoms with Gasteiger partial charge in [0.25, 0.3) is 5.91 Å². The summed E-state index contributed by atoms with van der Waals surface area (Å²) in [5.41, 5.74) is 1.37. The minimum Gasteiger partial charge on any atom is -0.468 e. The van der Waals surface area contributed by atoms with Gasteiger partial charge in [0.05, 0.1) is 25.6 Å². The number of aromatic nitrogens is 1. The third-order valence-corrected chi connectivity index (χ3v) is 10.3. The number of H-pyrrole nitrogens is 1. The Bertz CT molecular complexity index is 1870. The first-order chi connectivity index (χ1) is 24.2. The number of aromatic amines is 1. The number of imide groups is 2. The molecule has 3 heterocycles. The number of ether oxygens (including phenoxy) is 1. The molecule has 1 saturated heterocycles. The van der Waals surface area contributed by atoms with Crippen molar-refractivity contribution in [2.45, 2.75) is 44.6 Å². The van der Waals surface area contributed by atoms with Gasteiger partial charge in [-0.25, -0.2) is 9.69 Å². The van der Waals surface area contributed by atoms with Crippen LogP contribution in [-0.4, -0.2) is 94.4 Å². The van der Waals surface area contributed by atoms with E-state index in [0.29, 0.717) is 23.1 Å². The molecule has 50 heavy (non-hydrogen) atoms. The Balaban J connectivity index is 1.51. The van der Waals surface area contributed by atoms with Gasteiger partial charge < -0.3 is 25.5 Å². The summed E-state index contributed by atoms with van der Waals surface area (Å²) in [6.45, 7) is 0.714. The number of hydrogen-bond acceptors (Lipinski definition) is 8. The van der Waals surface area contributed by atoms with Crippen LogP contribution in [0.3, 0.4) is 0 Å². The lowest BCUT2D eigenvalue weighted by Gasteiger charge is -2.54. The normalized spacial score (nSPS) is 23.2. The molecule has 2 aromatic carbocycles. The number of esters is 1. The van der Waals surface area contributed by atoms with Gasteiger partial charge in [-0.3, -0.25) is 28.9 Å². The largest absolute Gasteiger partial charge is 0.468 e. The van der Waals surface area contributed by atoms with Crippen LogP contribution in [0.25, 0.3) is 10.9 Å². The summed E-state index contributed by atoms with van der Waals surface area (Å²) in [7, 11) is 1.16. The van der Waals surface area contributed by atoms with Crippen LogP contribution in [0, 0.1) is 17.8 Å². The summed E-state index contributed by atoms with van der Waals surface area (Å²) in [6, 6.07) is 15.8. The van der Waals surface area contributed by atoms with E-state index in [0.717, 1.165) is 33.4 Å². The minimum atomic E-state index is -2.01. The molecule has 0 bridgehead atoms. The number of fused-ring (bicyclic) bond motifs is 4. The van der Waals surface area contributed by atoms with Crippen LogP contribution < -0.4 is 10.6 Å². The number of likely N-dealkylation sites (tertiary alicyclic amines) is 1. The number of urea groups is 1. The molecule has 0 unspecified atom stereocenters. The molecule has 0 spiro atoms.